The first-order chi connectivity index (χ1) is 8.23. The topological polar surface area (TPSA) is 101 Å². The van der Waals surface area contributed by atoms with Gasteiger partial charge in [0, 0.05) is 6.54 Å². The van der Waals surface area contributed by atoms with Gasteiger partial charge in [-0.15, -0.1) is 0 Å². The van der Waals surface area contributed by atoms with Crippen molar-refractivity contribution in [2.75, 3.05) is 18.1 Å². The van der Waals surface area contributed by atoms with Crippen LogP contribution in [0.5, 0.6) is 0 Å². The van der Waals surface area contributed by atoms with E-state index in [1.165, 1.54) is 0 Å². The molecule has 1 saturated heterocycles. The van der Waals surface area contributed by atoms with E-state index >= 15 is 0 Å². The summed E-state index contributed by atoms with van der Waals surface area (Å²) in [5.41, 5.74) is -0.895. The Bertz CT molecular complexity index is 492. The monoisotopic (exact) mass is 297 g/mol. The summed E-state index contributed by atoms with van der Waals surface area (Å²) in [5, 5.41) is 9.18. The second-order valence-electron chi connectivity index (χ2n) is 5.30. The van der Waals surface area contributed by atoms with Gasteiger partial charge < -0.3 is 5.11 Å². The zero-order chi connectivity index (χ0) is 13.4. The first kappa shape index (κ1) is 14.2. The Labute approximate surface area is 108 Å². The summed E-state index contributed by atoms with van der Waals surface area (Å²) in [6, 6.07) is 0. The van der Waals surface area contributed by atoms with Gasteiger partial charge in [-0.3, -0.25) is 0 Å². The first-order valence-electron chi connectivity index (χ1n) is 6.14. The molecule has 0 spiro atoms. The molecular weight excluding hydrogens is 278 g/mol. The van der Waals surface area contributed by atoms with Crippen LogP contribution in [0.25, 0.3) is 0 Å². The molecule has 2 fully saturated rings. The molecule has 8 heteroatoms. The Balaban J connectivity index is 1.91. The lowest BCUT2D eigenvalue weighted by Gasteiger charge is -2.37. The number of hydrogen-bond donors (Lipinski definition) is 2. The molecule has 1 aliphatic heterocycles. The third-order valence-corrected chi connectivity index (χ3v) is 7.44. The Morgan fingerprint density at radius 1 is 1.22 bits per heavy atom. The Morgan fingerprint density at radius 3 is 2.22 bits per heavy atom. The summed E-state index contributed by atoms with van der Waals surface area (Å²) >= 11 is 0. The predicted molar refractivity (Wildman–Crippen MR) is 67.4 cm³/mol. The number of sulfone groups is 1. The van der Waals surface area contributed by atoms with Gasteiger partial charge in [0.1, 0.15) is 9.84 Å². The van der Waals surface area contributed by atoms with E-state index in [0.717, 1.165) is 6.42 Å². The van der Waals surface area contributed by atoms with Crippen LogP contribution in [0.1, 0.15) is 32.1 Å². The number of aliphatic hydroxyl groups is 1. The summed E-state index contributed by atoms with van der Waals surface area (Å²) in [7, 11) is -6.57. The lowest BCUT2D eigenvalue weighted by atomic mass is 9.81. The Hall–Kier alpha value is -0.180. The average Bonchev–Trinajstić information content (AvgIpc) is 2.23. The first-order valence-corrected chi connectivity index (χ1v) is 9.51. The number of rotatable bonds is 4. The molecule has 106 valence electrons. The van der Waals surface area contributed by atoms with Crippen molar-refractivity contribution in [3.63, 3.8) is 0 Å². The van der Waals surface area contributed by atoms with E-state index in [-0.39, 0.29) is 30.9 Å². The lowest BCUT2D eigenvalue weighted by Crippen LogP contribution is -2.50. The minimum Gasteiger partial charge on any atom is -0.389 e. The van der Waals surface area contributed by atoms with E-state index < -0.39 is 30.7 Å². The Kier molecular flexibility index (Phi) is 3.74. The number of sulfonamides is 1. The second-order valence-corrected chi connectivity index (χ2v) is 9.64. The summed E-state index contributed by atoms with van der Waals surface area (Å²) in [6.45, 7) is 0.0403. The quantitative estimate of drug-likeness (QED) is 0.721. The van der Waals surface area contributed by atoms with Crippen LogP contribution in [0, 0.1) is 0 Å². The van der Waals surface area contributed by atoms with Crippen molar-refractivity contribution in [1.29, 1.82) is 0 Å². The van der Waals surface area contributed by atoms with Gasteiger partial charge in [-0.1, -0.05) is 0 Å². The molecule has 18 heavy (non-hydrogen) atoms. The molecule has 1 saturated carbocycles. The van der Waals surface area contributed by atoms with Crippen molar-refractivity contribution in [2.24, 2.45) is 0 Å². The summed E-state index contributed by atoms with van der Waals surface area (Å²) in [5.74, 6) is -0.133. The van der Waals surface area contributed by atoms with Crippen LogP contribution in [0.2, 0.25) is 0 Å². The molecule has 2 aliphatic rings. The molecule has 0 atom stereocenters. The molecule has 0 unspecified atom stereocenters. The zero-order valence-corrected chi connectivity index (χ0v) is 11.8. The van der Waals surface area contributed by atoms with Gasteiger partial charge >= 0.3 is 0 Å². The zero-order valence-electron chi connectivity index (χ0n) is 10.1. The fraction of sp³-hybridized carbons (Fsp3) is 1.00. The highest BCUT2D eigenvalue weighted by atomic mass is 32.2. The van der Waals surface area contributed by atoms with E-state index in [9.17, 15) is 21.9 Å². The molecule has 0 bridgehead atoms. The number of hydrogen-bond acceptors (Lipinski definition) is 5. The minimum atomic E-state index is -3.52. The summed E-state index contributed by atoms with van der Waals surface area (Å²) in [4.78, 5) is 0. The van der Waals surface area contributed by atoms with E-state index in [0.29, 0.717) is 12.8 Å². The third-order valence-electron chi connectivity index (χ3n) is 3.83. The van der Waals surface area contributed by atoms with Gasteiger partial charge in [-0.05, 0) is 32.1 Å². The largest absolute Gasteiger partial charge is 0.389 e. The summed E-state index contributed by atoms with van der Waals surface area (Å²) in [6.07, 6.45) is 2.45. The van der Waals surface area contributed by atoms with E-state index in [4.69, 9.17) is 0 Å². The molecule has 0 aromatic heterocycles. The van der Waals surface area contributed by atoms with Gasteiger partial charge in [-0.25, -0.2) is 21.6 Å². The van der Waals surface area contributed by atoms with E-state index in [1.54, 1.807) is 0 Å². The van der Waals surface area contributed by atoms with Crippen molar-refractivity contribution in [1.82, 2.24) is 4.72 Å². The van der Waals surface area contributed by atoms with Crippen LogP contribution >= 0.6 is 0 Å². The second kappa shape index (κ2) is 4.73. The van der Waals surface area contributed by atoms with Crippen molar-refractivity contribution in [3.8, 4) is 0 Å². The van der Waals surface area contributed by atoms with E-state index in [1.807, 2.05) is 0 Å². The molecule has 6 nitrogen and oxygen atoms in total. The van der Waals surface area contributed by atoms with Gasteiger partial charge in [-0.2, -0.15) is 0 Å². The average molecular weight is 297 g/mol. The molecule has 1 aliphatic carbocycles. The fourth-order valence-electron chi connectivity index (χ4n) is 2.29. The standard InChI is InChI=1S/C10H19NO5S2/c12-10(4-1-5-10)8-11-18(15,16)9-2-6-17(13,14)7-3-9/h9,11-12H,1-8H2. The lowest BCUT2D eigenvalue weighted by molar-refractivity contribution is -0.0271. The minimum absolute atomic E-state index is 0.0403. The highest BCUT2D eigenvalue weighted by Gasteiger charge is 2.38. The van der Waals surface area contributed by atoms with Crippen LogP contribution in [0.15, 0.2) is 0 Å². The highest BCUT2D eigenvalue weighted by molar-refractivity contribution is 7.92. The van der Waals surface area contributed by atoms with Crippen LogP contribution in [-0.2, 0) is 19.9 Å². The maximum atomic E-state index is 12.0. The van der Waals surface area contributed by atoms with E-state index in [2.05, 4.69) is 4.72 Å². The molecule has 0 radical (unpaired) electrons. The summed E-state index contributed by atoms with van der Waals surface area (Å²) < 4.78 is 48.8. The molecule has 0 amide bonds. The van der Waals surface area contributed by atoms with Crippen LogP contribution in [-0.4, -0.2) is 50.8 Å². The van der Waals surface area contributed by atoms with Crippen LogP contribution < -0.4 is 4.72 Å². The molecule has 0 aromatic carbocycles. The van der Waals surface area contributed by atoms with Crippen molar-refractivity contribution < 1.29 is 21.9 Å². The van der Waals surface area contributed by atoms with Crippen LogP contribution in [0.4, 0.5) is 0 Å². The predicted octanol–water partition coefficient (Wildman–Crippen LogP) is -0.602. The molecule has 2 N–H and O–H groups in total. The number of nitrogens with one attached hydrogen (secondary N) is 1. The van der Waals surface area contributed by atoms with Crippen molar-refractivity contribution in [3.05, 3.63) is 0 Å². The smallest absolute Gasteiger partial charge is 0.214 e. The van der Waals surface area contributed by atoms with Gasteiger partial charge in [0.05, 0.1) is 22.4 Å². The third kappa shape index (κ3) is 3.23. The maximum Gasteiger partial charge on any atom is 0.214 e. The van der Waals surface area contributed by atoms with Gasteiger partial charge in [0.25, 0.3) is 0 Å². The molecule has 2 rings (SSSR count). The highest BCUT2D eigenvalue weighted by Crippen LogP contribution is 2.31. The Morgan fingerprint density at radius 2 is 1.78 bits per heavy atom. The SMILES string of the molecule is O=S1(=O)CCC(S(=O)(=O)NCC2(O)CCC2)CC1. The maximum absolute atomic E-state index is 12.0. The molecule has 1 heterocycles. The molecular formula is C10H19NO5S2. The van der Waals surface area contributed by atoms with Crippen LogP contribution in [0.3, 0.4) is 0 Å². The van der Waals surface area contributed by atoms with Crippen molar-refractivity contribution in [2.45, 2.75) is 43.0 Å². The van der Waals surface area contributed by atoms with Gasteiger partial charge in [0.15, 0.2) is 0 Å². The van der Waals surface area contributed by atoms with Crippen molar-refractivity contribution >= 4 is 19.9 Å². The van der Waals surface area contributed by atoms with Gasteiger partial charge in [0.2, 0.25) is 10.0 Å². The fourth-order valence-corrected chi connectivity index (χ4v) is 5.64. The molecule has 0 aromatic rings. The normalized spacial score (nSPS) is 27.6.